The Balaban J connectivity index is 1.83. The minimum absolute atomic E-state index is 0.0158. The predicted octanol–water partition coefficient (Wildman–Crippen LogP) is 2.58. The summed E-state index contributed by atoms with van der Waals surface area (Å²) in [5.41, 5.74) is 0.0800. The molecule has 0 radical (unpaired) electrons. The lowest BCUT2D eigenvalue weighted by Crippen LogP contribution is -2.63. The Bertz CT molecular complexity index is 833. The molecule has 0 spiro atoms. The maximum atomic E-state index is 13.3. The quantitative estimate of drug-likeness (QED) is 0.845. The number of morpholine rings is 1. The Labute approximate surface area is 172 Å². The Hall–Kier alpha value is -2.73. The van der Waals surface area contributed by atoms with Gasteiger partial charge in [-0.15, -0.1) is 0 Å². The van der Waals surface area contributed by atoms with E-state index in [1.807, 2.05) is 69.3 Å². The van der Waals surface area contributed by atoms with E-state index in [9.17, 15) is 9.59 Å². The van der Waals surface area contributed by atoms with Crippen molar-refractivity contribution in [3.63, 3.8) is 0 Å². The molecule has 2 heterocycles. The molecule has 6 heteroatoms. The van der Waals surface area contributed by atoms with Crippen molar-refractivity contribution in [2.75, 3.05) is 19.7 Å². The monoisotopic (exact) mass is 395 g/mol. The molecule has 0 bridgehead atoms. The van der Waals surface area contributed by atoms with Gasteiger partial charge in [0.25, 0.3) is 5.91 Å². The number of benzene rings is 1. The van der Waals surface area contributed by atoms with Crippen LogP contribution in [-0.2, 0) is 27.3 Å². The molecule has 6 nitrogen and oxygen atoms in total. The van der Waals surface area contributed by atoms with Gasteiger partial charge in [-0.2, -0.15) is 0 Å². The van der Waals surface area contributed by atoms with Crippen LogP contribution in [-0.4, -0.2) is 47.0 Å². The highest BCUT2D eigenvalue weighted by molar-refractivity contribution is 5.88. The van der Waals surface area contributed by atoms with E-state index in [1.54, 1.807) is 11.1 Å². The van der Waals surface area contributed by atoms with Crippen LogP contribution in [0.25, 0.3) is 0 Å². The number of hydrogen-bond acceptors (Lipinski definition) is 4. The molecule has 1 aliphatic heterocycles. The molecule has 1 aliphatic rings. The summed E-state index contributed by atoms with van der Waals surface area (Å²) in [6.07, 6.45) is 2.01. The highest BCUT2D eigenvalue weighted by Gasteiger charge is 2.46. The largest absolute Gasteiger partial charge is 0.361 e. The summed E-state index contributed by atoms with van der Waals surface area (Å²) in [6.45, 7) is 7.07. The van der Waals surface area contributed by atoms with Gasteiger partial charge in [0.05, 0.1) is 13.2 Å². The Morgan fingerprint density at radius 3 is 2.52 bits per heavy atom. The van der Waals surface area contributed by atoms with E-state index in [4.69, 9.17) is 4.74 Å². The number of amides is 2. The van der Waals surface area contributed by atoms with Crippen LogP contribution < -0.4 is 5.32 Å². The van der Waals surface area contributed by atoms with Crippen molar-refractivity contribution < 1.29 is 14.3 Å². The van der Waals surface area contributed by atoms with Crippen molar-refractivity contribution in [2.45, 2.75) is 39.3 Å². The second-order valence-electron chi connectivity index (χ2n) is 8.49. The number of carbonyl (C=O) groups excluding carboxylic acids is 2. The number of carbonyl (C=O) groups is 2. The summed E-state index contributed by atoms with van der Waals surface area (Å²) in [5.74, 6) is -0.208. The fourth-order valence-electron chi connectivity index (χ4n) is 3.49. The molecule has 1 aromatic heterocycles. The molecule has 0 unspecified atom stereocenters. The second kappa shape index (κ2) is 8.74. The number of nitrogens with one attached hydrogen (secondary N) is 1. The number of nitrogens with zero attached hydrogens (tertiary/aromatic N) is 2. The molecule has 1 saturated heterocycles. The summed E-state index contributed by atoms with van der Waals surface area (Å²) in [5, 5.41) is 3.00. The van der Waals surface area contributed by atoms with Crippen LogP contribution in [0.3, 0.4) is 0 Å². The fraction of sp³-hybridized carbons (Fsp3) is 0.435. The van der Waals surface area contributed by atoms with E-state index < -0.39 is 11.0 Å². The van der Waals surface area contributed by atoms with Crippen LogP contribution in [0.15, 0.2) is 54.7 Å². The molecule has 1 N–H and O–H groups in total. The maximum Gasteiger partial charge on any atom is 0.254 e. The first-order valence-electron chi connectivity index (χ1n) is 9.96. The molecule has 154 valence electrons. The zero-order valence-electron chi connectivity index (χ0n) is 17.4. The van der Waals surface area contributed by atoms with Crippen LogP contribution in [0.5, 0.6) is 0 Å². The van der Waals surface area contributed by atoms with Gasteiger partial charge in [-0.1, -0.05) is 57.2 Å². The van der Waals surface area contributed by atoms with Crippen LogP contribution in [0.2, 0.25) is 0 Å². The smallest absolute Gasteiger partial charge is 0.254 e. The van der Waals surface area contributed by atoms with Crippen LogP contribution in [0.1, 0.15) is 32.0 Å². The first kappa shape index (κ1) is 21.0. The van der Waals surface area contributed by atoms with Gasteiger partial charge in [0.1, 0.15) is 0 Å². The minimum atomic E-state index is -1.16. The summed E-state index contributed by atoms with van der Waals surface area (Å²) >= 11 is 0. The lowest BCUT2D eigenvalue weighted by Gasteiger charge is -2.43. The first-order chi connectivity index (χ1) is 13.8. The van der Waals surface area contributed by atoms with Crippen molar-refractivity contribution in [1.82, 2.24) is 15.2 Å². The number of aromatic nitrogens is 1. The van der Waals surface area contributed by atoms with Gasteiger partial charge in [0.15, 0.2) is 5.60 Å². The standard InChI is InChI=1S/C23H29N3O3/c1-22(2,3)21(28)26-13-14-29-23(17-26,15-19-11-7-8-12-24-19)20(27)25-16-18-9-5-4-6-10-18/h4-12H,13-17H2,1-3H3,(H,25,27)/t23-/m0/s1. The molecule has 1 fully saturated rings. The Morgan fingerprint density at radius 2 is 1.86 bits per heavy atom. The molecule has 2 amide bonds. The molecule has 0 saturated carbocycles. The molecule has 1 atom stereocenters. The van der Waals surface area contributed by atoms with Crippen molar-refractivity contribution in [2.24, 2.45) is 5.41 Å². The minimum Gasteiger partial charge on any atom is -0.361 e. The molecule has 3 rings (SSSR count). The summed E-state index contributed by atoms with van der Waals surface area (Å²) in [4.78, 5) is 32.3. The average Bonchev–Trinajstić information content (AvgIpc) is 2.72. The summed E-state index contributed by atoms with van der Waals surface area (Å²) in [6, 6.07) is 15.3. The maximum absolute atomic E-state index is 13.3. The van der Waals surface area contributed by atoms with E-state index >= 15 is 0 Å². The van der Waals surface area contributed by atoms with Gasteiger partial charge >= 0.3 is 0 Å². The molecule has 1 aromatic carbocycles. The highest BCUT2D eigenvalue weighted by atomic mass is 16.5. The highest BCUT2D eigenvalue weighted by Crippen LogP contribution is 2.27. The van der Waals surface area contributed by atoms with E-state index in [2.05, 4.69) is 10.3 Å². The molecule has 0 aliphatic carbocycles. The Kier molecular flexibility index (Phi) is 6.33. The van der Waals surface area contributed by atoms with Gasteiger partial charge in [-0.05, 0) is 17.7 Å². The number of pyridine rings is 1. The topological polar surface area (TPSA) is 71.5 Å². The van der Waals surface area contributed by atoms with Crippen LogP contribution in [0, 0.1) is 5.41 Å². The number of hydrogen-bond donors (Lipinski definition) is 1. The molecular weight excluding hydrogens is 366 g/mol. The van der Waals surface area contributed by atoms with Gasteiger partial charge < -0.3 is 15.0 Å². The zero-order chi connectivity index (χ0) is 20.9. The first-order valence-corrected chi connectivity index (χ1v) is 9.96. The van der Waals surface area contributed by atoms with Gasteiger partial charge in [0.2, 0.25) is 5.91 Å². The van der Waals surface area contributed by atoms with Gasteiger partial charge in [-0.3, -0.25) is 14.6 Å². The van der Waals surface area contributed by atoms with Crippen molar-refractivity contribution in [1.29, 1.82) is 0 Å². The third-order valence-corrected chi connectivity index (χ3v) is 5.02. The number of rotatable bonds is 5. The molecule has 29 heavy (non-hydrogen) atoms. The van der Waals surface area contributed by atoms with E-state index in [0.29, 0.717) is 26.1 Å². The van der Waals surface area contributed by atoms with Crippen molar-refractivity contribution >= 4 is 11.8 Å². The lowest BCUT2D eigenvalue weighted by atomic mass is 9.90. The van der Waals surface area contributed by atoms with Crippen LogP contribution in [0.4, 0.5) is 0 Å². The summed E-state index contributed by atoms with van der Waals surface area (Å²) in [7, 11) is 0. The second-order valence-corrected chi connectivity index (χ2v) is 8.49. The summed E-state index contributed by atoms with van der Waals surface area (Å²) < 4.78 is 6.07. The third-order valence-electron chi connectivity index (χ3n) is 5.02. The average molecular weight is 396 g/mol. The van der Waals surface area contributed by atoms with Crippen molar-refractivity contribution in [3.8, 4) is 0 Å². The Morgan fingerprint density at radius 1 is 1.14 bits per heavy atom. The molecular formula is C23H29N3O3. The van der Waals surface area contributed by atoms with Crippen LogP contribution >= 0.6 is 0 Å². The number of ether oxygens (including phenoxy) is 1. The third kappa shape index (κ3) is 5.21. The predicted molar refractivity (Wildman–Crippen MR) is 111 cm³/mol. The lowest BCUT2D eigenvalue weighted by molar-refractivity contribution is -0.169. The fourth-order valence-corrected chi connectivity index (χ4v) is 3.49. The van der Waals surface area contributed by atoms with E-state index in [-0.39, 0.29) is 18.4 Å². The van der Waals surface area contributed by atoms with Gasteiger partial charge in [-0.25, -0.2) is 0 Å². The molecule has 2 aromatic rings. The van der Waals surface area contributed by atoms with Gasteiger partial charge in [0, 0.05) is 36.8 Å². The normalized spacial score (nSPS) is 19.6. The van der Waals surface area contributed by atoms with E-state index in [0.717, 1.165) is 11.3 Å². The van der Waals surface area contributed by atoms with Crippen molar-refractivity contribution in [3.05, 3.63) is 66.0 Å². The van der Waals surface area contributed by atoms with E-state index in [1.165, 1.54) is 0 Å². The zero-order valence-corrected chi connectivity index (χ0v) is 17.4. The SMILES string of the molecule is CC(C)(C)C(=O)N1CCO[C@](Cc2ccccn2)(C(=O)NCc2ccccc2)C1.